The molecule has 0 N–H and O–H groups in total. The standard InChI is InChI=1S/C21H21NO3/c1-21(2,3)16-8-10-17(11-9-16)25-14-20(24)22-12-15(13-23)18-6-4-5-7-19(18)22/h4-13H,14H2,1-3H3. The zero-order valence-electron chi connectivity index (χ0n) is 14.7. The van der Waals surface area contributed by atoms with E-state index in [0.717, 1.165) is 11.7 Å². The predicted molar refractivity (Wildman–Crippen MR) is 98.6 cm³/mol. The molecule has 128 valence electrons. The molecule has 0 aliphatic heterocycles. The van der Waals surface area contributed by atoms with E-state index in [9.17, 15) is 9.59 Å². The zero-order chi connectivity index (χ0) is 18.0. The minimum absolute atomic E-state index is 0.0731. The van der Waals surface area contributed by atoms with Gasteiger partial charge in [-0.1, -0.05) is 51.1 Å². The van der Waals surface area contributed by atoms with Crippen molar-refractivity contribution in [3.05, 3.63) is 65.9 Å². The van der Waals surface area contributed by atoms with Gasteiger partial charge in [-0.15, -0.1) is 0 Å². The molecule has 3 rings (SSSR count). The fourth-order valence-corrected chi connectivity index (χ4v) is 2.77. The van der Waals surface area contributed by atoms with Crippen molar-refractivity contribution in [1.29, 1.82) is 0 Å². The van der Waals surface area contributed by atoms with Crippen LogP contribution >= 0.6 is 0 Å². The molecule has 0 fully saturated rings. The van der Waals surface area contributed by atoms with E-state index in [-0.39, 0.29) is 17.9 Å². The molecule has 0 saturated carbocycles. The number of hydrogen-bond donors (Lipinski definition) is 0. The van der Waals surface area contributed by atoms with Crippen LogP contribution in [-0.4, -0.2) is 23.4 Å². The van der Waals surface area contributed by atoms with Gasteiger partial charge in [-0.25, -0.2) is 0 Å². The monoisotopic (exact) mass is 335 g/mol. The first-order chi connectivity index (χ1) is 11.9. The van der Waals surface area contributed by atoms with Gasteiger partial charge in [0.2, 0.25) is 0 Å². The third-order valence-electron chi connectivity index (χ3n) is 4.22. The molecule has 0 bridgehead atoms. The molecular formula is C21H21NO3. The van der Waals surface area contributed by atoms with E-state index >= 15 is 0 Å². The molecule has 0 radical (unpaired) electrons. The van der Waals surface area contributed by atoms with Crippen molar-refractivity contribution in [3.8, 4) is 5.75 Å². The summed E-state index contributed by atoms with van der Waals surface area (Å²) in [6.45, 7) is 6.35. The first-order valence-electron chi connectivity index (χ1n) is 8.22. The van der Waals surface area contributed by atoms with Crippen LogP contribution < -0.4 is 4.74 Å². The second-order valence-electron chi connectivity index (χ2n) is 7.05. The fraction of sp³-hybridized carbons (Fsp3) is 0.238. The number of aromatic nitrogens is 1. The Bertz CT molecular complexity index is 914. The lowest BCUT2D eigenvalue weighted by Gasteiger charge is -2.19. The van der Waals surface area contributed by atoms with Gasteiger partial charge in [0.15, 0.2) is 12.9 Å². The fourth-order valence-electron chi connectivity index (χ4n) is 2.77. The number of rotatable bonds is 4. The van der Waals surface area contributed by atoms with Crippen molar-refractivity contribution in [2.75, 3.05) is 6.61 Å². The van der Waals surface area contributed by atoms with Crippen molar-refractivity contribution in [2.24, 2.45) is 0 Å². The van der Waals surface area contributed by atoms with Gasteiger partial charge < -0.3 is 4.74 Å². The van der Waals surface area contributed by atoms with Crippen LogP contribution in [0, 0.1) is 0 Å². The van der Waals surface area contributed by atoms with Crippen molar-refractivity contribution in [1.82, 2.24) is 4.57 Å². The molecule has 0 aliphatic rings. The highest BCUT2D eigenvalue weighted by Gasteiger charge is 2.15. The summed E-state index contributed by atoms with van der Waals surface area (Å²) in [5.74, 6) is 0.428. The summed E-state index contributed by atoms with van der Waals surface area (Å²) < 4.78 is 7.10. The minimum Gasteiger partial charge on any atom is -0.484 e. The van der Waals surface area contributed by atoms with Crippen LogP contribution in [0.5, 0.6) is 5.75 Å². The van der Waals surface area contributed by atoms with Gasteiger partial charge in [0.05, 0.1) is 5.52 Å². The second-order valence-corrected chi connectivity index (χ2v) is 7.05. The van der Waals surface area contributed by atoms with Gasteiger partial charge >= 0.3 is 0 Å². The van der Waals surface area contributed by atoms with Gasteiger partial charge in [-0.05, 0) is 29.2 Å². The molecule has 25 heavy (non-hydrogen) atoms. The number of carbonyl (C=O) groups excluding carboxylic acids is 2. The van der Waals surface area contributed by atoms with Crippen LogP contribution in [0.2, 0.25) is 0 Å². The highest BCUT2D eigenvalue weighted by atomic mass is 16.5. The summed E-state index contributed by atoms with van der Waals surface area (Å²) in [5.41, 5.74) is 2.49. The van der Waals surface area contributed by atoms with Gasteiger partial charge in [-0.3, -0.25) is 14.2 Å². The lowest BCUT2D eigenvalue weighted by Crippen LogP contribution is -2.18. The van der Waals surface area contributed by atoms with Crippen LogP contribution in [-0.2, 0) is 5.41 Å². The van der Waals surface area contributed by atoms with E-state index in [2.05, 4.69) is 20.8 Å². The molecule has 0 unspecified atom stereocenters. The predicted octanol–water partition coefficient (Wildman–Crippen LogP) is 4.47. The van der Waals surface area contributed by atoms with Crippen molar-refractivity contribution in [3.63, 3.8) is 0 Å². The van der Waals surface area contributed by atoms with E-state index in [1.807, 2.05) is 48.5 Å². The van der Waals surface area contributed by atoms with E-state index in [1.165, 1.54) is 10.1 Å². The van der Waals surface area contributed by atoms with E-state index in [0.29, 0.717) is 16.8 Å². The maximum absolute atomic E-state index is 12.5. The second kappa shape index (κ2) is 6.55. The molecule has 2 aromatic carbocycles. The number of carbonyl (C=O) groups is 2. The molecule has 1 heterocycles. The normalized spacial score (nSPS) is 11.5. The Morgan fingerprint density at radius 1 is 1.08 bits per heavy atom. The number of aldehydes is 1. The molecule has 0 spiro atoms. The Kier molecular flexibility index (Phi) is 4.45. The van der Waals surface area contributed by atoms with E-state index in [1.54, 1.807) is 6.20 Å². The maximum atomic E-state index is 12.5. The first-order valence-corrected chi connectivity index (χ1v) is 8.22. The van der Waals surface area contributed by atoms with Gasteiger partial charge in [0.25, 0.3) is 5.91 Å². The number of fused-ring (bicyclic) bond motifs is 1. The number of nitrogens with zero attached hydrogens (tertiary/aromatic N) is 1. The Morgan fingerprint density at radius 2 is 1.76 bits per heavy atom. The molecule has 0 amide bonds. The van der Waals surface area contributed by atoms with Crippen molar-refractivity contribution in [2.45, 2.75) is 26.2 Å². The smallest absolute Gasteiger partial charge is 0.269 e. The largest absolute Gasteiger partial charge is 0.484 e. The molecule has 0 aliphatic carbocycles. The summed E-state index contributed by atoms with van der Waals surface area (Å²) in [5, 5.41) is 0.764. The third kappa shape index (κ3) is 3.48. The molecule has 0 saturated heterocycles. The summed E-state index contributed by atoms with van der Waals surface area (Å²) in [4.78, 5) is 23.7. The van der Waals surface area contributed by atoms with E-state index < -0.39 is 0 Å². The zero-order valence-corrected chi connectivity index (χ0v) is 14.7. The molecular weight excluding hydrogens is 314 g/mol. The van der Waals surface area contributed by atoms with Crippen molar-refractivity contribution < 1.29 is 14.3 Å². The topological polar surface area (TPSA) is 48.3 Å². The number of para-hydroxylation sites is 1. The van der Waals surface area contributed by atoms with Crippen LogP contribution in [0.4, 0.5) is 0 Å². The molecule has 4 nitrogen and oxygen atoms in total. The van der Waals surface area contributed by atoms with E-state index in [4.69, 9.17) is 4.74 Å². The summed E-state index contributed by atoms with van der Waals surface area (Å²) in [6.07, 6.45) is 2.32. The van der Waals surface area contributed by atoms with Crippen LogP contribution in [0.1, 0.15) is 41.5 Å². The Balaban J connectivity index is 1.76. The quantitative estimate of drug-likeness (QED) is 0.661. The van der Waals surface area contributed by atoms with Crippen molar-refractivity contribution >= 4 is 23.1 Å². The SMILES string of the molecule is CC(C)(C)c1ccc(OCC(=O)n2cc(C=O)c3ccccc32)cc1. The Morgan fingerprint density at radius 3 is 2.40 bits per heavy atom. The summed E-state index contributed by atoms with van der Waals surface area (Å²) in [6, 6.07) is 15.1. The minimum atomic E-state index is -0.218. The number of benzene rings is 2. The average Bonchev–Trinajstić information content (AvgIpc) is 2.98. The molecule has 3 aromatic rings. The molecule has 0 atom stereocenters. The average molecular weight is 335 g/mol. The van der Waals surface area contributed by atoms with Gasteiger partial charge in [0.1, 0.15) is 5.75 Å². The third-order valence-corrected chi connectivity index (χ3v) is 4.22. The Labute approximate surface area is 147 Å². The summed E-state index contributed by atoms with van der Waals surface area (Å²) in [7, 11) is 0. The van der Waals surface area contributed by atoms with Crippen LogP contribution in [0.3, 0.4) is 0 Å². The highest BCUT2D eigenvalue weighted by molar-refractivity contribution is 6.02. The van der Waals surface area contributed by atoms with Gasteiger partial charge in [0, 0.05) is 17.1 Å². The number of hydrogen-bond acceptors (Lipinski definition) is 3. The van der Waals surface area contributed by atoms with Gasteiger partial charge in [-0.2, -0.15) is 0 Å². The maximum Gasteiger partial charge on any atom is 0.269 e. The molecule has 4 heteroatoms. The lowest BCUT2D eigenvalue weighted by atomic mass is 9.87. The highest BCUT2D eigenvalue weighted by Crippen LogP contribution is 2.24. The number of ether oxygens (including phenoxy) is 1. The summed E-state index contributed by atoms with van der Waals surface area (Å²) >= 11 is 0. The molecule has 1 aromatic heterocycles. The lowest BCUT2D eigenvalue weighted by molar-refractivity contribution is 0.0843. The van der Waals surface area contributed by atoms with Crippen LogP contribution in [0.15, 0.2) is 54.7 Å². The first kappa shape index (κ1) is 17.0. The Hall–Kier alpha value is -2.88. The van der Waals surface area contributed by atoms with Crippen LogP contribution in [0.25, 0.3) is 10.9 Å².